The molecule has 0 spiro atoms. The first-order chi connectivity index (χ1) is 17.2. The molecule has 0 aromatic carbocycles. The van der Waals surface area contributed by atoms with E-state index in [4.69, 9.17) is 4.74 Å². The fraction of sp³-hybridized carbons (Fsp3) is 0.806. The zero-order chi connectivity index (χ0) is 27.5. The second-order valence-electron chi connectivity index (χ2n) is 13.6. The summed E-state index contributed by atoms with van der Waals surface area (Å²) in [5.74, 6) is -0.909. The van der Waals surface area contributed by atoms with Crippen molar-refractivity contribution in [3.05, 3.63) is 22.8 Å². The predicted octanol–water partition coefficient (Wildman–Crippen LogP) is 5.67. The molecule has 4 fully saturated rings. The molecule has 0 aliphatic heterocycles. The highest BCUT2D eigenvalue weighted by Gasteiger charge is 2.70. The largest absolute Gasteiger partial charge is 0.478 e. The van der Waals surface area contributed by atoms with Gasteiger partial charge in [-0.2, -0.15) is 0 Å². The maximum atomic E-state index is 12.6. The van der Waals surface area contributed by atoms with Crippen molar-refractivity contribution in [1.29, 1.82) is 0 Å². The molecular weight excluding hydrogens is 468 g/mol. The first-order valence-electron chi connectivity index (χ1n) is 14.3. The molecule has 6 heteroatoms. The maximum absolute atomic E-state index is 12.6. The first-order valence-corrected chi connectivity index (χ1v) is 14.3. The second kappa shape index (κ2) is 9.82. The van der Waals surface area contributed by atoms with Gasteiger partial charge < -0.3 is 20.1 Å². The molecule has 4 saturated carbocycles. The summed E-state index contributed by atoms with van der Waals surface area (Å²) in [4.78, 5) is 24.8. The van der Waals surface area contributed by atoms with Crippen LogP contribution in [-0.4, -0.2) is 45.6 Å². The zero-order valence-corrected chi connectivity index (χ0v) is 23.8. The topological polar surface area (TPSA) is 104 Å². The van der Waals surface area contributed by atoms with Crippen molar-refractivity contribution in [2.75, 3.05) is 0 Å². The van der Waals surface area contributed by atoms with Crippen LogP contribution in [0.1, 0.15) is 99.8 Å². The highest BCUT2D eigenvalue weighted by Crippen LogP contribution is 2.74. The number of aliphatic carboxylic acids is 1. The number of ether oxygens (including phenoxy) is 1. The van der Waals surface area contributed by atoms with Crippen molar-refractivity contribution in [3.63, 3.8) is 0 Å². The van der Waals surface area contributed by atoms with Crippen molar-refractivity contribution in [3.8, 4) is 0 Å². The molecule has 0 aromatic rings. The van der Waals surface area contributed by atoms with Crippen LogP contribution in [-0.2, 0) is 14.3 Å². The molecule has 0 bridgehead atoms. The minimum Gasteiger partial charge on any atom is -0.478 e. The molecular formula is C31H48O6. The Morgan fingerprint density at radius 2 is 1.70 bits per heavy atom. The third kappa shape index (κ3) is 4.40. The van der Waals surface area contributed by atoms with E-state index < -0.39 is 24.1 Å². The lowest BCUT2D eigenvalue weighted by Crippen LogP contribution is -2.65. The number of hydrogen-bond acceptors (Lipinski definition) is 5. The minimum atomic E-state index is -0.953. The Morgan fingerprint density at radius 1 is 1.03 bits per heavy atom. The number of carboxylic acids is 1. The number of hydrogen-bond donors (Lipinski definition) is 3. The summed E-state index contributed by atoms with van der Waals surface area (Å²) in [6, 6.07) is 0. The lowest BCUT2D eigenvalue weighted by atomic mass is 9.36. The van der Waals surface area contributed by atoms with Gasteiger partial charge in [-0.3, -0.25) is 4.79 Å². The lowest BCUT2D eigenvalue weighted by Gasteiger charge is -2.69. The summed E-state index contributed by atoms with van der Waals surface area (Å²) >= 11 is 0. The smallest absolute Gasteiger partial charge is 0.331 e. The summed E-state index contributed by atoms with van der Waals surface area (Å²) in [6.07, 6.45) is 6.22. The van der Waals surface area contributed by atoms with Gasteiger partial charge in [0.05, 0.1) is 12.2 Å². The summed E-state index contributed by atoms with van der Waals surface area (Å²) in [5, 5.41) is 32.9. The van der Waals surface area contributed by atoms with Crippen molar-refractivity contribution in [2.24, 2.45) is 39.9 Å². The fourth-order valence-corrected chi connectivity index (χ4v) is 9.79. The molecule has 0 saturated heterocycles. The second-order valence-corrected chi connectivity index (χ2v) is 13.6. The van der Waals surface area contributed by atoms with Crippen LogP contribution >= 0.6 is 0 Å². The number of carbonyl (C=O) groups is 2. The van der Waals surface area contributed by atoms with Crippen molar-refractivity contribution < 1.29 is 29.6 Å². The van der Waals surface area contributed by atoms with E-state index in [0.717, 1.165) is 36.8 Å². The van der Waals surface area contributed by atoms with Crippen LogP contribution in [0.5, 0.6) is 0 Å². The van der Waals surface area contributed by atoms with Gasteiger partial charge in [0, 0.05) is 12.5 Å². The molecule has 3 unspecified atom stereocenters. The SMILES string of the molecule is CC(=O)O[C@H]1C[C@@]2(C)C(C[C@@H](O)C3[C@@]4(C)CC[C@@H](O)[C@@H](C)C4CC[C@@]32C)/C1=C(\CCC=C(C)C)C(=O)O. The minimum absolute atomic E-state index is 0.0474. The van der Waals surface area contributed by atoms with Crippen LogP contribution in [0, 0.1) is 39.9 Å². The van der Waals surface area contributed by atoms with Gasteiger partial charge >= 0.3 is 11.9 Å². The quantitative estimate of drug-likeness (QED) is 0.247. The highest BCUT2D eigenvalue weighted by molar-refractivity contribution is 5.88. The molecule has 3 N–H and O–H groups in total. The highest BCUT2D eigenvalue weighted by atomic mass is 16.5. The third-order valence-electron chi connectivity index (χ3n) is 11.6. The Bertz CT molecular complexity index is 994. The summed E-state index contributed by atoms with van der Waals surface area (Å²) < 4.78 is 5.87. The maximum Gasteiger partial charge on any atom is 0.331 e. The van der Waals surface area contributed by atoms with E-state index in [1.54, 1.807) is 0 Å². The van der Waals surface area contributed by atoms with Crippen molar-refractivity contribution in [1.82, 2.24) is 0 Å². The zero-order valence-electron chi connectivity index (χ0n) is 23.8. The molecule has 0 amide bonds. The Labute approximate surface area is 222 Å². The van der Waals surface area contributed by atoms with E-state index in [1.165, 1.54) is 6.92 Å². The number of fused-ring (bicyclic) bond motifs is 5. The normalized spacial score (nSPS) is 46.2. The van der Waals surface area contributed by atoms with Crippen LogP contribution in [0.3, 0.4) is 0 Å². The molecule has 4 aliphatic carbocycles. The first kappa shape index (κ1) is 28.4. The van der Waals surface area contributed by atoms with E-state index in [9.17, 15) is 24.9 Å². The summed E-state index contributed by atoms with van der Waals surface area (Å²) in [7, 11) is 0. The third-order valence-corrected chi connectivity index (χ3v) is 11.6. The van der Waals surface area contributed by atoms with Crippen LogP contribution in [0.4, 0.5) is 0 Å². The Balaban J connectivity index is 1.82. The molecule has 10 atom stereocenters. The Hall–Kier alpha value is -1.66. The number of allylic oxidation sites excluding steroid dienone is 2. The molecule has 4 aliphatic rings. The van der Waals surface area contributed by atoms with Gasteiger partial charge in [-0.25, -0.2) is 4.79 Å². The van der Waals surface area contributed by atoms with Gasteiger partial charge in [-0.05, 0) is 111 Å². The molecule has 4 rings (SSSR count). The molecule has 0 heterocycles. The average molecular weight is 517 g/mol. The van der Waals surface area contributed by atoms with Crippen LogP contribution in [0.2, 0.25) is 0 Å². The number of carbonyl (C=O) groups excluding carboxylic acids is 1. The van der Waals surface area contributed by atoms with Crippen LogP contribution < -0.4 is 0 Å². The van der Waals surface area contributed by atoms with Gasteiger partial charge in [-0.1, -0.05) is 39.3 Å². The lowest BCUT2D eigenvalue weighted by molar-refractivity contribution is -0.234. The van der Waals surface area contributed by atoms with Crippen molar-refractivity contribution in [2.45, 2.75) is 118 Å². The van der Waals surface area contributed by atoms with Crippen LogP contribution in [0.25, 0.3) is 0 Å². The summed E-state index contributed by atoms with van der Waals surface area (Å²) in [6.45, 7) is 14.5. The number of esters is 1. The van der Waals surface area contributed by atoms with E-state index in [-0.39, 0.29) is 40.1 Å². The van der Waals surface area contributed by atoms with Gasteiger partial charge in [-0.15, -0.1) is 0 Å². The monoisotopic (exact) mass is 516 g/mol. The Morgan fingerprint density at radius 3 is 2.30 bits per heavy atom. The number of rotatable bonds is 5. The standard InChI is InChI=1S/C31H48O6/c1-17(2)9-8-10-20(28(35)36)26-22-15-24(34)27-29(5)13-12-23(33)18(3)21(29)11-14-30(27,6)31(22,7)16-25(26)37-19(4)32/h9,18,21-25,27,33-34H,8,10-16H2,1-7H3,(H,35,36)/b26-20-/t18-,21?,22?,23+,24+,25-,27?,29-,30-,31-/m0/s1. The Kier molecular flexibility index (Phi) is 7.53. The number of aliphatic hydroxyl groups excluding tert-OH is 2. The van der Waals surface area contributed by atoms with E-state index in [1.807, 2.05) is 19.9 Å². The van der Waals surface area contributed by atoms with Crippen LogP contribution in [0.15, 0.2) is 22.8 Å². The molecule has 37 heavy (non-hydrogen) atoms. The van der Waals surface area contributed by atoms with Gasteiger partial charge in [0.15, 0.2) is 0 Å². The van der Waals surface area contributed by atoms with E-state index >= 15 is 0 Å². The van der Waals surface area contributed by atoms with Gasteiger partial charge in [0.1, 0.15) is 6.10 Å². The average Bonchev–Trinajstić information content (AvgIpc) is 3.05. The van der Waals surface area contributed by atoms with Gasteiger partial charge in [0.25, 0.3) is 0 Å². The molecule has 208 valence electrons. The van der Waals surface area contributed by atoms with E-state index in [0.29, 0.717) is 37.2 Å². The summed E-state index contributed by atoms with van der Waals surface area (Å²) in [5.41, 5.74) is 1.57. The number of carboxylic acid groups (broad SMARTS) is 1. The van der Waals surface area contributed by atoms with Crippen molar-refractivity contribution >= 4 is 11.9 Å². The molecule has 0 aromatic heterocycles. The predicted molar refractivity (Wildman–Crippen MR) is 143 cm³/mol. The molecule has 0 radical (unpaired) electrons. The van der Waals surface area contributed by atoms with E-state index in [2.05, 4.69) is 27.7 Å². The fourth-order valence-electron chi connectivity index (χ4n) is 9.79. The van der Waals surface area contributed by atoms with Gasteiger partial charge in [0.2, 0.25) is 0 Å². The number of aliphatic hydroxyl groups is 2. The molecule has 6 nitrogen and oxygen atoms in total.